The number of hydrogen-bond donors (Lipinski definition) is 0. The molecule has 0 aromatic carbocycles. The van der Waals surface area contributed by atoms with Crippen LogP contribution < -0.4 is 5.43 Å². The van der Waals surface area contributed by atoms with Crippen LogP contribution in [0.1, 0.15) is 13.3 Å². The first-order chi connectivity index (χ1) is 4.34. The lowest BCUT2D eigenvalue weighted by molar-refractivity contribution is 0.528. The highest BCUT2D eigenvalue weighted by Crippen LogP contribution is 1.98. The molecule has 9 heavy (non-hydrogen) atoms. The van der Waals surface area contributed by atoms with Gasteiger partial charge in [-0.15, -0.1) is 5.10 Å². The van der Waals surface area contributed by atoms with Crippen LogP contribution in [0, 0.1) is 0 Å². The van der Waals surface area contributed by atoms with Crippen LogP contribution in [0.2, 0.25) is 0 Å². The van der Waals surface area contributed by atoms with E-state index < -0.39 is 0 Å². The second-order valence-corrected chi connectivity index (χ2v) is 2.15. The van der Waals surface area contributed by atoms with Crippen LogP contribution >= 0.6 is 0 Å². The summed E-state index contributed by atoms with van der Waals surface area (Å²) in [6.45, 7) is 4.01. The van der Waals surface area contributed by atoms with Crippen molar-refractivity contribution in [2.24, 2.45) is 5.10 Å². The van der Waals surface area contributed by atoms with Gasteiger partial charge in [-0.25, -0.2) is 0 Å². The fourth-order valence-corrected chi connectivity index (χ4v) is 0.781. The van der Waals surface area contributed by atoms with Crippen molar-refractivity contribution >= 4 is 5.84 Å². The van der Waals surface area contributed by atoms with E-state index in [9.17, 15) is 0 Å². The van der Waals surface area contributed by atoms with Crippen molar-refractivity contribution in [1.82, 2.24) is 10.3 Å². The predicted octanol–water partition coefficient (Wildman–Crippen LogP) is 0.260. The van der Waals surface area contributed by atoms with Crippen LogP contribution in [0.15, 0.2) is 5.10 Å². The summed E-state index contributed by atoms with van der Waals surface area (Å²) in [7, 11) is 2.04. The van der Waals surface area contributed by atoms with Gasteiger partial charge < -0.3 is 4.90 Å². The summed E-state index contributed by atoms with van der Waals surface area (Å²) in [4.78, 5) is 2.12. The molecule has 0 saturated carbocycles. The molecule has 1 aliphatic heterocycles. The molecule has 51 valence electrons. The van der Waals surface area contributed by atoms with Crippen molar-refractivity contribution < 1.29 is 0 Å². The Hall–Kier alpha value is -0.730. The van der Waals surface area contributed by atoms with E-state index in [-0.39, 0.29) is 0 Å². The number of hydrogen-bond acceptors (Lipinski definition) is 2. The van der Waals surface area contributed by atoms with E-state index in [0.717, 1.165) is 25.3 Å². The molecule has 0 fully saturated rings. The molecule has 0 unspecified atom stereocenters. The first-order valence-electron chi connectivity index (χ1n) is 3.29. The average Bonchev–Trinajstić information content (AvgIpc) is 2.37. The van der Waals surface area contributed by atoms with Gasteiger partial charge in [0.05, 0.1) is 6.54 Å². The van der Waals surface area contributed by atoms with E-state index in [1.165, 1.54) is 0 Å². The molecule has 3 heteroatoms. The summed E-state index contributed by atoms with van der Waals surface area (Å²) in [5.74, 6) is 1.12. The summed E-state index contributed by atoms with van der Waals surface area (Å²) in [6.07, 6.45) is 1.02. The third-order valence-electron chi connectivity index (χ3n) is 1.54. The average molecular weight is 126 g/mol. The third kappa shape index (κ3) is 1.34. The van der Waals surface area contributed by atoms with Gasteiger partial charge in [0.15, 0.2) is 0 Å². The Balaban J connectivity index is 2.40. The van der Waals surface area contributed by atoms with Gasteiger partial charge in [-0.3, -0.25) is 0 Å². The largest absolute Gasteiger partial charge is 0.362 e. The van der Waals surface area contributed by atoms with Crippen LogP contribution in [0.3, 0.4) is 0 Å². The van der Waals surface area contributed by atoms with Gasteiger partial charge >= 0.3 is 0 Å². The molecule has 0 spiro atoms. The lowest BCUT2D eigenvalue weighted by atomic mass is 10.4. The molecular formula is C6H12N3. The molecule has 0 aromatic rings. The SMILES string of the molecule is CCN(C)C1=N[N]CC1. The van der Waals surface area contributed by atoms with E-state index in [2.05, 4.69) is 22.4 Å². The highest BCUT2D eigenvalue weighted by Gasteiger charge is 2.09. The Morgan fingerprint density at radius 3 is 2.89 bits per heavy atom. The molecule has 0 atom stereocenters. The maximum Gasteiger partial charge on any atom is 0.128 e. The van der Waals surface area contributed by atoms with E-state index in [1.807, 2.05) is 7.05 Å². The predicted molar refractivity (Wildman–Crippen MR) is 37.4 cm³/mol. The Morgan fingerprint density at radius 2 is 2.44 bits per heavy atom. The molecule has 1 aliphatic rings. The lowest BCUT2D eigenvalue weighted by Crippen LogP contribution is -2.24. The summed E-state index contributed by atoms with van der Waals surface area (Å²) < 4.78 is 0. The summed E-state index contributed by atoms with van der Waals surface area (Å²) >= 11 is 0. The first-order valence-corrected chi connectivity index (χ1v) is 3.29. The lowest BCUT2D eigenvalue weighted by Gasteiger charge is -2.13. The highest BCUT2D eigenvalue weighted by molar-refractivity contribution is 5.83. The molecule has 0 amide bonds. The number of rotatable bonds is 1. The minimum absolute atomic E-state index is 0.875. The maximum absolute atomic E-state index is 3.97. The summed E-state index contributed by atoms with van der Waals surface area (Å²) in [6, 6.07) is 0. The van der Waals surface area contributed by atoms with Gasteiger partial charge in [-0.05, 0) is 6.92 Å². The Bertz CT molecular complexity index is 119. The Kier molecular flexibility index (Phi) is 1.92. The van der Waals surface area contributed by atoms with Crippen LogP contribution in [0.5, 0.6) is 0 Å². The zero-order valence-electron chi connectivity index (χ0n) is 5.96. The standard InChI is InChI=1S/C6H12N3/c1-3-9(2)6-4-5-7-8-6/h3-5H2,1-2H3. The molecule has 0 aromatic heterocycles. The Morgan fingerprint density at radius 1 is 1.67 bits per heavy atom. The van der Waals surface area contributed by atoms with Crippen molar-refractivity contribution in [2.75, 3.05) is 20.1 Å². The fraction of sp³-hybridized carbons (Fsp3) is 0.833. The molecule has 0 bridgehead atoms. The topological polar surface area (TPSA) is 29.7 Å². The van der Waals surface area contributed by atoms with Gasteiger partial charge in [-0.1, -0.05) is 0 Å². The second kappa shape index (κ2) is 2.71. The van der Waals surface area contributed by atoms with Gasteiger partial charge in [-0.2, -0.15) is 5.43 Å². The van der Waals surface area contributed by atoms with Gasteiger partial charge in [0.1, 0.15) is 5.84 Å². The molecular weight excluding hydrogens is 114 g/mol. The van der Waals surface area contributed by atoms with Gasteiger partial charge in [0, 0.05) is 20.0 Å². The van der Waals surface area contributed by atoms with Crippen LogP contribution in [-0.2, 0) is 0 Å². The molecule has 0 saturated heterocycles. The smallest absolute Gasteiger partial charge is 0.128 e. The van der Waals surface area contributed by atoms with Crippen LogP contribution in [-0.4, -0.2) is 30.9 Å². The van der Waals surface area contributed by atoms with Crippen molar-refractivity contribution in [3.05, 3.63) is 0 Å². The zero-order chi connectivity index (χ0) is 6.69. The monoisotopic (exact) mass is 126 g/mol. The first kappa shape index (κ1) is 6.39. The van der Waals surface area contributed by atoms with Gasteiger partial charge in [0.2, 0.25) is 0 Å². The molecule has 1 radical (unpaired) electrons. The highest BCUT2D eigenvalue weighted by atomic mass is 15.4. The minimum atomic E-state index is 0.875. The third-order valence-corrected chi connectivity index (χ3v) is 1.54. The molecule has 0 aliphatic carbocycles. The summed E-state index contributed by atoms with van der Waals surface area (Å²) in [5.41, 5.74) is 3.88. The van der Waals surface area contributed by atoms with E-state index in [1.54, 1.807) is 0 Å². The van der Waals surface area contributed by atoms with Gasteiger partial charge in [0.25, 0.3) is 0 Å². The number of amidine groups is 1. The Labute approximate surface area is 55.7 Å². The van der Waals surface area contributed by atoms with E-state index in [4.69, 9.17) is 0 Å². The maximum atomic E-state index is 3.97. The normalized spacial score (nSPS) is 16.9. The molecule has 3 nitrogen and oxygen atoms in total. The van der Waals surface area contributed by atoms with E-state index in [0.29, 0.717) is 0 Å². The van der Waals surface area contributed by atoms with Crippen molar-refractivity contribution in [2.45, 2.75) is 13.3 Å². The van der Waals surface area contributed by atoms with Crippen LogP contribution in [0.25, 0.3) is 0 Å². The van der Waals surface area contributed by atoms with Crippen LogP contribution in [0.4, 0.5) is 0 Å². The molecule has 1 heterocycles. The van der Waals surface area contributed by atoms with E-state index >= 15 is 0 Å². The minimum Gasteiger partial charge on any atom is -0.362 e. The number of nitrogens with zero attached hydrogens (tertiary/aromatic N) is 3. The molecule has 1 rings (SSSR count). The quantitative estimate of drug-likeness (QED) is 0.495. The fourth-order valence-electron chi connectivity index (χ4n) is 0.781. The van der Waals surface area contributed by atoms with Crippen molar-refractivity contribution in [3.8, 4) is 0 Å². The van der Waals surface area contributed by atoms with Crippen molar-refractivity contribution in [1.29, 1.82) is 0 Å². The summed E-state index contributed by atoms with van der Waals surface area (Å²) in [5, 5.41) is 3.97. The second-order valence-electron chi connectivity index (χ2n) is 2.15. The van der Waals surface area contributed by atoms with Crippen molar-refractivity contribution in [3.63, 3.8) is 0 Å². The molecule has 0 N–H and O–H groups in total. The zero-order valence-corrected chi connectivity index (χ0v) is 5.96.